The Balaban J connectivity index is 2.15. The van der Waals surface area contributed by atoms with Gasteiger partial charge in [-0.3, -0.25) is 4.79 Å². The van der Waals surface area contributed by atoms with Crippen molar-refractivity contribution >= 4 is 35.2 Å². The van der Waals surface area contributed by atoms with Gasteiger partial charge in [0.2, 0.25) is 5.91 Å². The molecule has 0 aromatic heterocycles. The third-order valence-electron chi connectivity index (χ3n) is 3.02. The van der Waals surface area contributed by atoms with Crippen molar-refractivity contribution < 1.29 is 19.4 Å². The van der Waals surface area contributed by atoms with Crippen LogP contribution in [0, 0.1) is 0 Å². The molecule has 0 spiro atoms. The van der Waals surface area contributed by atoms with E-state index in [0.717, 1.165) is 5.56 Å². The average Bonchev–Trinajstić information content (AvgIpc) is 2.55. The van der Waals surface area contributed by atoms with Crippen molar-refractivity contribution in [1.29, 1.82) is 0 Å². The van der Waals surface area contributed by atoms with Crippen molar-refractivity contribution in [2.45, 2.75) is 0 Å². The smallest absolute Gasteiger partial charge is 0.335 e. The van der Waals surface area contributed by atoms with E-state index in [0.29, 0.717) is 5.75 Å². The number of para-hydroxylation sites is 1. The Bertz CT molecular complexity index is 771. The summed E-state index contributed by atoms with van der Waals surface area (Å²) in [6.07, 6.45) is 2.92. The second kappa shape index (κ2) is 7.47. The van der Waals surface area contributed by atoms with E-state index in [1.807, 2.05) is 12.1 Å². The van der Waals surface area contributed by atoms with Gasteiger partial charge in [0.1, 0.15) is 5.75 Å². The van der Waals surface area contributed by atoms with Crippen LogP contribution in [0.1, 0.15) is 15.9 Å². The fraction of sp³-hybridized carbons (Fsp3) is 0.0588. The number of aromatic carboxylic acids is 1. The molecule has 1 amide bonds. The van der Waals surface area contributed by atoms with Crippen LogP contribution in [0.2, 0.25) is 5.02 Å². The number of hydrogen-bond acceptors (Lipinski definition) is 3. The van der Waals surface area contributed by atoms with Crippen molar-refractivity contribution in [2.75, 3.05) is 12.4 Å². The Hall–Kier alpha value is -2.79. The number of ether oxygens (including phenoxy) is 1. The minimum Gasteiger partial charge on any atom is -0.496 e. The fourth-order valence-corrected chi connectivity index (χ4v) is 2.06. The predicted octanol–water partition coefficient (Wildman–Crippen LogP) is 3.70. The largest absolute Gasteiger partial charge is 0.496 e. The van der Waals surface area contributed by atoms with Crippen LogP contribution < -0.4 is 10.1 Å². The number of halogens is 1. The van der Waals surface area contributed by atoms with Gasteiger partial charge in [-0.15, -0.1) is 0 Å². The zero-order valence-electron chi connectivity index (χ0n) is 12.2. The number of methoxy groups -OCH3 is 1. The number of benzene rings is 2. The Morgan fingerprint density at radius 1 is 1.22 bits per heavy atom. The highest BCUT2D eigenvalue weighted by atomic mass is 35.5. The second-order valence-electron chi connectivity index (χ2n) is 4.56. The zero-order valence-corrected chi connectivity index (χ0v) is 13.0. The normalized spacial score (nSPS) is 10.5. The molecule has 2 rings (SSSR count). The van der Waals surface area contributed by atoms with Crippen LogP contribution in [-0.2, 0) is 4.79 Å². The lowest BCUT2D eigenvalue weighted by molar-refractivity contribution is -0.111. The lowest BCUT2D eigenvalue weighted by Gasteiger charge is -2.06. The van der Waals surface area contributed by atoms with Crippen LogP contribution in [0.3, 0.4) is 0 Å². The van der Waals surface area contributed by atoms with E-state index in [1.165, 1.54) is 24.3 Å². The lowest BCUT2D eigenvalue weighted by Crippen LogP contribution is -2.09. The first-order valence-electron chi connectivity index (χ1n) is 6.66. The van der Waals surface area contributed by atoms with Gasteiger partial charge < -0.3 is 15.2 Å². The molecular weight excluding hydrogens is 318 g/mol. The fourth-order valence-electron chi connectivity index (χ4n) is 1.90. The number of carbonyl (C=O) groups is 2. The molecule has 2 aromatic carbocycles. The summed E-state index contributed by atoms with van der Waals surface area (Å²) < 4.78 is 5.19. The number of amides is 1. The number of carboxylic acid groups (broad SMARTS) is 1. The summed E-state index contributed by atoms with van der Waals surface area (Å²) in [5, 5.41) is 11.8. The van der Waals surface area contributed by atoms with E-state index in [-0.39, 0.29) is 16.3 Å². The van der Waals surface area contributed by atoms with Gasteiger partial charge in [-0.2, -0.15) is 0 Å². The van der Waals surface area contributed by atoms with Gasteiger partial charge in [-0.05, 0) is 30.3 Å². The maximum Gasteiger partial charge on any atom is 0.335 e. The molecule has 5 nitrogen and oxygen atoms in total. The molecule has 0 bridgehead atoms. The number of nitrogens with one attached hydrogen (secondary N) is 1. The molecule has 0 unspecified atom stereocenters. The third kappa shape index (κ3) is 4.34. The van der Waals surface area contributed by atoms with Crippen molar-refractivity contribution in [3.05, 3.63) is 64.7 Å². The summed E-state index contributed by atoms with van der Waals surface area (Å²) in [5.74, 6) is -0.885. The van der Waals surface area contributed by atoms with Crippen LogP contribution in [0.25, 0.3) is 6.08 Å². The molecule has 0 saturated heterocycles. The molecule has 6 heteroatoms. The Labute approximate surface area is 138 Å². The van der Waals surface area contributed by atoms with Crippen molar-refractivity contribution in [2.24, 2.45) is 0 Å². The summed E-state index contributed by atoms with van der Waals surface area (Å²) in [6.45, 7) is 0. The molecule has 0 saturated carbocycles. The van der Waals surface area contributed by atoms with E-state index in [4.69, 9.17) is 21.4 Å². The van der Waals surface area contributed by atoms with Gasteiger partial charge in [0, 0.05) is 11.6 Å². The number of rotatable bonds is 5. The van der Waals surface area contributed by atoms with E-state index in [9.17, 15) is 9.59 Å². The van der Waals surface area contributed by atoms with Crippen LogP contribution in [0.5, 0.6) is 5.75 Å². The quantitative estimate of drug-likeness (QED) is 0.819. The topological polar surface area (TPSA) is 75.6 Å². The van der Waals surface area contributed by atoms with Crippen molar-refractivity contribution in [3.63, 3.8) is 0 Å². The molecule has 2 aromatic rings. The zero-order chi connectivity index (χ0) is 16.8. The highest BCUT2D eigenvalue weighted by Gasteiger charge is 2.09. The molecule has 118 valence electrons. The molecule has 0 aliphatic carbocycles. The Morgan fingerprint density at radius 2 is 1.96 bits per heavy atom. The highest BCUT2D eigenvalue weighted by molar-refractivity contribution is 6.34. The summed E-state index contributed by atoms with van der Waals surface area (Å²) in [4.78, 5) is 22.9. The van der Waals surface area contributed by atoms with Gasteiger partial charge in [-0.25, -0.2) is 4.79 Å². The first-order valence-corrected chi connectivity index (χ1v) is 7.04. The first kappa shape index (κ1) is 16.6. The number of anilines is 1. The summed E-state index contributed by atoms with van der Waals surface area (Å²) in [5.41, 5.74) is 1.02. The molecule has 2 N–H and O–H groups in total. The molecule has 0 fully saturated rings. The van der Waals surface area contributed by atoms with Gasteiger partial charge in [-0.1, -0.05) is 29.8 Å². The van der Waals surface area contributed by atoms with Crippen LogP contribution in [0.4, 0.5) is 5.69 Å². The maximum atomic E-state index is 12.0. The molecule has 0 aliphatic rings. The summed E-state index contributed by atoms with van der Waals surface area (Å²) in [7, 11) is 1.55. The third-order valence-corrected chi connectivity index (χ3v) is 3.35. The van der Waals surface area contributed by atoms with E-state index in [1.54, 1.807) is 25.3 Å². The monoisotopic (exact) mass is 331 g/mol. The Kier molecular flexibility index (Phi) is 5.38. The molecule has 0 aliphatic heterocycles. The standard InChI is InChI=1S/C17H14ClNO4/c1-23-15-5-3-2-4-11(15)7-9-16(20)19-14-10-12(17(21)22)6-8-13(14)18/h2-10H,1H3,(H,19,20)(H,21,22). The van der Waals surface area contributed by atoms with E-state index in [2.05, 4.69) is 5.32 Å². The Morgan fingerprint density at radius 3 is 2.65 bits per heavy atom. The van der Waals surface area contributed by atoms with Crippen LogP contribution >= 0.6 is 11.6 Å². The molecule has 0 radical (unpaired) electrons. The highest BCUT2D eigenvalue weighted by Crippen LogP contribution is 2.23. The number of carbonyl (C=O) groups excluding carboxylic acids is 1. The number of carboxylic acids is 1. The predicted molar refractivity (Wildman–Crippen MR) is 89.1 cm³/mol. The first-order chi connectivity index (χ1) is 11.0. The van der Waals surface area contributed by atoms with Crippen LogP contribution in [0.15, 0.2) is 48.5 Å². The SMILES string of the molecule is COc1ccccc1C=CC(=O)Nc1cc(C(=O)O)ccc1Cl. The van der Waals surface area contributed by atoms with E-state index >= 15 is 0 Å². The van der Waals surface area contributed by atoms with Crippen LogP contribution in [-0.4, -0.2) is 24.1 Å². The van der Waals surface area contributed by atoms with E-state index < -0.39 is 11.9 Å². The molecular formula is C17H14ClNO4. The van der Waals surface area contributed by atoms with Crippen molar-refractivity contribution in [1.82, 2.24) is 0 Å². The van der Waals surface area contributed by atoms with Gasteiger partial charge in [0.25, 0.3) is 0 Å². The second-order valence-corrected chi connectivity index (χ2v) is 4.97. The summed E-state index contributed by atoms with van der Waals surface area (Å²) in [6, 6.07) is 11.3. The molecule has 23 heavy (non-hydrogen) atoms. The molecule has 0 atom stereocenters. The maximum absolute atomic E-state index is 12.0. The lowest BCUT2D eigenvalue weighted by atomic mass is 10.2. The number of hydrogen-bond donors (Lipinski definition) is 2. The van der Waals surface area contributed by atoms with Crippen molar-refractivity contribution in [3.8, 4) is 5.75 Å². The average molecular weight is 332 g/mol. The molecule has 0 heterocycles. The summed E-state index contributed by atoms with van der Waals surface area (Å²) >= 11 is 5.96. The van der Waals surface area contributed by atoms with Gasteiger partial charge >= 0.3 is 5.97 Å². The van der Waals surface area contributed by atoms with Gasteiger partial charge in [0.05, 0.1) is 23.4 Å². The minimum atomic E-state index is -1.10. The van der Waals surface area contributed by atoms with Gasteiger partial charge in [0.15, 0.2) is 0 Å². The minimum absolute atomic E-state index is 0.0402.